The SMILES string of the molecule is Cc1cccc(Oc2ccccc2C(=O)Cl)c1. The van der Waals surface area contributed by atoms with Crippen LogP contribution in [-0.4, -0.2) is 5.24 Å². The van der Waals surface area contributed by atoms with E-state index in [1.165, 1.54) is 0 Å². The van der Waals surface area contributed by atoms with Crippen LogP contribution in [0.1, 0.15) is 15.9 Å². The summed E-state index contributed by atoms with van der Waals surface area (Å²) in [6, 6.07) is 14.5. The zero-order valence-electron chi connectivity index (χ0n) is 9.31. The second-order valence-electron chi connectivity index (χ2n) is 3.69. The van der Waals surface area contributed by atoms with E-state index in [2.05, 4.69) is 0 Å². The fraction of sp³-hybridized carbons (Fsp3) is 0.0714. The molecule has 0 aliphatic carbocycles. The van der Waals surface area contributed by atoms with Crippen molar-refractivity contribution in [3.05, 3.63) is 59.7 Å². The molecule has 0 aliphatic heterocycles. The topological polar surface area (TPSA) is 26.3 Å². The normalized spacial score (nSPS) is 10.0. The van der Waals surface area contributed by atoms with E-state index >= 15 is 0 Å². The van der Waals surface area contributed by atoms with Gasteiger partial charge in [0.2, 0.25) is 0 Å². The number of carbonyl (C=O) groups excluding carboxylic acids is 1. The van der Waals surface area contributed by atoms with Gasteiger partial charge < -0.3 is 4.74 Å². The summed E-state index contributed by atoms with van der Waals surface area (Å²) in [5, 5.41) is -0.520. The zero-order valence-corrected chi connectivity index (χ0v) is 10.1. The molecule has 0 amide bonds. The van der Waals surface area contributed by atoms with Crippen LogP contribution in [0.2, 0.25) is 0 Å². The molecular formula is C14H11ClO2. The average molecular weight is 247 g/mol. The second-order valence-corrected chi connectivity index (χ2v) is 4.03. The predicted molar refractivity (Wildman–Crippen MR) is 67.9 cm³/mol. The summed E-state index contributed by atoms with van der Waals surface area (Å²) in [4.78, 5) is 11.2. The summed E-state index contributed by atoms with van der Waals surface area (Å²) < 4.78 is 5.65. The van der Waals surface area contributed by atoms with E-state index in [1.54, 1.807) is 24.3 Å². The number of halogens is 1. The molecule has 0 saturated heterocycles. The predicted octanol–water partition coefficient (Wildman–Crippen LogP) is 4.17. The number of carbonyl (C=O) groups is 1. The lowest BCUT2D eigenvalue weighted by Crippen LogP contribution is -1.94. The van der Waals surface area contributed by atoms with E-state index < -0.39 is 5.24 Å². The van der Waals surface area contributed by atoms with Crippen molar-refractivity contribution in [1.82, 2.24) is 0 Å². The first-order valence-corrected chi connectivity index (χ1v) is 5.58. The highest BCUT2D eigenvalue weighted by molar-refractivity contribution is 6.68. The molecule has 17 heavy (non-hydrogen) atoms. The molecule has 0 aromatic heterocycles. The molecular weight excluding hydrogens is 236 g/mol. The fourth-order valence-electron chi connectivity index (χ4n) is 1.52. The maximum absolute atomic E-state index is 11.2. The average Bonchev–Trinajstić information content (AvgIpc) is 2.29. The van der Waals surface area contributed by atoms with Crippen molar-refractivity contribution in [2.45, 2.75) is 6.92 Å². The molecule has 0 atom stereocenters. The molecule has 0 fully saturated rings. The first kappa shape index (κ1) is 11.7. The fourth-order valence-corrected chi connectivity index (χ4v) is 1.68. The van der Waals surface area contributed by atoms with Crippen LogP contribution in [0.5, 0.6) is 11.5 Å². The molecule has 0 spiro atoms. The largest absolute Gasteiger partial charge is 0.457 e. The van der Waals surface area contributed by atoms with Crippen LogP contribution >= 0.6 is 11.6 Å². The third-order valence-electron chi connectivity index (χ3n) is 2.32. The lowest BCUT2D eigenvalue weighted by Gasteiger charge is -2.08. The number of para-hydroxylation sites is 1. The van der Waals surface area contributed by atoms with Crippen LogP contribution in [0.15, 0.2) is 48.5 Å². The molecule has 2 aromatic rings. The van der Waals surface area contributed by atoms with Gasteiger partial charge in [0, 0.05) is 0 Å². The highest BCUT2D eigenvalue weighted by atomic mass is 35.5. The molecule has 3 heteroatoms. The van der Waals surface area contributed by atoms with Crippen LogP contribution in [-0.2, 0) is 0 Å². The monoisotopic (exact) mass is 246 g/mol. The van der Waals surface area contributed by atoms with Crippen LogP contribution in [0, 0.1) is 6.92 Å². The molecule has 0 saturated carbocycles. The Morgan fingerprint density at radius 1 is 1.12 bits per heavy atom. The van der Waals surface area contributed by atoms with E-state index in [-0.39, 0.29) is 0 Å². The van der Waals surface area contributed by atoms with Crippen molar-refractivity contribution in [2.75, 3.05) is 0 Å². The molecule has 0 heterocycles. The van der Waals surface area contributed by atoms with E-state index in [0.29, 0.717) is 17.1 Å². The molecule has 2 rings (SSSR count). The Labute approximate surface area is 105 Å². The molecule has 0 unspecified atom stereocenters. The minimum Gasteiger partial charge on any atom is -0.457 e. The highest BCUT2D eigenvalue weighted by Crippen LogP contribution is 2.26. The molecule has 2 aromatic carbocycles. The maximum atomic E-state index is 11.2. The summed E-state index contributed by atoms with van der Waals surface area (Å²) >= 11 is 5.49. The van der Waals surface area contributed by atoms with Gasteiger partial charge in [-0.15, -0.1) is 0 Å². The molecule has 0 aliphatic rings. The Morgan fingerprint density at radius 3 is 2.59 bits per heavy atom. The van der Waals surface area contributed by atoms with Crippen molar-refractivity contribution in [1.29, 1.82) is 0 Å². The molecule has 2 nitrogen and oxygen atoms in total. The van der Waals surface area contributed by atoms with Crippen LogP contribution in [0.4, 0.5) is 0 Å². The van der Waals surface area contributed by atoms with E-state index in [9.17, 15) is 4.79 Å². The first-order chi connectivity index (χ1) is 8.16. The highest BCUT2D eigenvalue weighted by Gasteiger charge is 2.09. The molecule has 0 N–H and O–H groups in total. The molecule has 86 valence electrons. The van der Waals surface area contributed by atoms with Gasteiger partial charge in [-0.25, -0.2) is 0 Å². The smallest absolute Gasteiger partial charge is 0.256 e. The third kappa shape index (κ3) is 2.86. The standard InChI is InChI=1S/C14H11ClO2/c1-10-5-4-6-11(9-10)17-13-8-3-2-7-12(13)14(15)16/h2-9H,1H3. The number of ether oxygens (including phenoxy) is 1. The number of benzene rings is 2. The number of hydrogen-bond donors (Lipinski definition) is 0. The van der Waals surface area contributed by atoms with E-state index in [4.69, 9.17) is 16.3 Å². The number of rotatable bonds is 3. The molecule has 0 bridgehead atoms. The van der Waals surface area contributed by atoms with Gasteiger partial charge in [-0.3, -0.25) is 4.79 Å². The van der Waals surface area contributed by atoms with E-state index in [1.807, 2.05) is 31.2 Å². The van der Waals surface area contributed by atoms with Gasteiger partial charge in [-0.1, -0.05) is 24.3 Å². The minimum absolute atomic E-state index is 0.371. The van der Waals surface area contributed by atoms with Crippen molar-refractivity contribution in [3.63, 3.8) is 0 Å². The van der Waals surface area contributed by atoms with Gasteiger partial charge in [-0.2, -0.15) is 0 Å². The van der Waals surface area contributed by atoms with Gasteiger partial charge >= 0.3 is 0 Å². The third-order valence-corrected chi connectivity index (χ3v) is 2.52. The van der Waals surface area contributed by atoms with Gasteiger partial charge in [0.15, 0.2) is 0 Å². The summed E-state index contributed by atoms with van der Waals surface area (Å²) in [6.07, 6.45) is 0. The Hall–Kier alpha value is -1.80. The quantitative estimate of drug-likeness (QED) is 0.760. The van der Waals surface area contributed by atoms with Crippen molar-refractivity contribution in [3.8, 4) is 11.5 Å². The van der Waals surface area contributed by atoms with Gasteiger partial charge in [-0.05, 0) is 48.4 Å². The zero-order chi connectivity index (χ0) is 12.3. The van der Waals surface area contributed by atoms with Crippen LogP contribution < -0.4 is 4.74 Å². The first-order valence-electron chi connectivity index (χ1n) is 5.20. The Bertz CT molecular complexity index is 549. The Morgan fingerprint density at radius 2 is 1.88 bits per heavy atom. The lowest BCUT2D eigenvalue weighted by molar-refractivity contribution is 0.107. The van der Waals surface area contributed by atoms with Crippen molar-refractivity contribution < 1.29 is 9.53 Å². The molecule has 0 radical (unpaired) electrons. The lowest BCUT2D eigenvalue weighted by atomic mass is 10.2. The Kier molecular flexibility index (Phi) is 3.45. The van der Waals surface area contributed by atoms with Gasteiger partial charge in [0.05, 0.1) is 5.56 Å². The summed E-state index contributed by atoms with van der Waals surface area (Å²) in [5.41, 5.74) is 1.47. The van der Waals surface area contributed by atoms with Gasteiger partial charge in [0.1, 0.15) is 11.5 Å². The summed E-state index contributed by atoms with van der Waals surface area (Å²) in [5.74, 6) is 1.16. The van der Waals surface area contributed by atoms with Crippen molar-refractivity contribution >= 4 is 16.8 Å². The number of aryl methyl sites for hydroxylation is 1. The second kappa shape index (κ2) is 5.02. The van der Waals surface area contributed by atoms with E-state index in [0.717, 1.165) is 5.56 Å². The number of hydrogen-bond acceptors (Lipinski definition) is 2. The maximum Gasteiger partial charge on any atom is 0.256 e. The van der Waals surface area contributed by atoms with Gasteiger partial charge in [0.25, 0.3) is 5.24 Å². The van der Waals surface area contributed by atoms with Crippen molar-refractivity contribution in [2.24, 2.45) is 0 Å². The summed E-state index contributed by atoms with van der Waals surface area (Å²) in [7, 11) is 0. The van der Waals surface area contributed by atoms with Crippen LogP contribution in [0.3, 0.4) is 0 Å². The minimum atomic E-state index is -0.520. The summed E-state index contributed by atoms with van der Waals surface area (Å²) in [6.45, 7) is 1.98. The Balaban J connectivity index is 2.33. The van der Waals surface area contributed by atoms with Crippen LogP contribution in [0.25, 0.3) is 0 Å².